The van der Waals surface area contributed by atoms with Crippen LogP contribution in [0.15, 0.2) is 0 Å². The molecule has 0 bridgehead atoms. The molecule has 11 heteroatoms. The Balaban J connectivity index is 0.00000218. The number of ether oxygens (including phenoxy) is 2. The molecule has 2 rings (SSSR count). The zero-order chi connectivity index (χ0) is 22.5. The van der Waals surface area contributed by atoms with E-state index in [1.807, 2.05) is 13.8 Å². The van der Waals surface area contributed by atoms with Crippen LogP contribution in [-0.4, -0.2) is 99.1 Å². The summed E-state index contributed by atoms with van der Waals surface area (Å²) < 4.78 is 11.3. The van der Waals surface area contributed by atoms with E-state index in [1.54, 1.807) is 11.9 Å². The monoisotopic (exact) mass is 423 g/mol. The molecule has 1 amide bonds. The van der Waals surface area contributed by atoms with Gasteiger partial charge in [0, 0.05) is 39.8 Å². The number of nitrogens with two attached hydrogens (primary N) is 1. The molecule has 0 unspecified atom stereocenters. The summed E-state index contributed by atoms with van der Waals surface area (Å²) in [5.41, 5.74) is 5.30. The molecule has 30 heavy (non-hydrogen) atoms. The molecule has 0 atom stereocenters. The van der Waals surface area contributed by atoms with Gasteiger partial charge in [-0.3, -0.25) is 4.79 Å². The summed E-state index contributed by atoms with van der Waals surface area (Å²) in [6, 6.07) is 0.225. The molecular weight excluding hydrogens is 385 g/mol. The van der Waals surface area contributed by atoms with E-state index >= 15 is 0 Å². The van der Waals surface area contributed by atoms with Gasteiger partial charge in [0.15, 0.2) is 0 Å². The first kappa shape index (κ1) is 25.9. The van der Waals surface area contributed by atoms with Gasteiger partial charge in [-0.2, -0.15) is 15.0 Å². The molecule has 2 N–H and O–H groups in total. The van der Waals surface area contributed by atoms with Crippen molar-refractivity contribution in [3.8, 4) is 6.01 Å². The second kappa shape index (κ2) is 14.0. The van der Waals surface area contributed by atoms with Gasteiger partial charge in [0.2, 0.25) is 17.8 Å². The number of piperazine rings is 1. The van der Waals surface area contributed by atoms with E-state index in [0.717, 1.165) is 32.5 Å². The quantitative estimate of drug-likeness (QED) is 0.407. The number of primary amides is 1. The maximum absolute atomic E-state index is 11.3. The first-order valence-electron chi connectivity index (χ1n) is 10.7. The molecule has 0 spiro atoms. The first-order valence-corrected chi connectivity index (χ1v) is 10.7. The van der Waals surface area contributed by atoms with Crippen LogP contribution in [0.3, 0.4) is 0 Å². The highest BCUT2D eigenvalue weighted by atomic mass is 16.5. The highest BCUT2D eigenvalue weighted by Crippen LogP contribution is 2.18. The third kappa shape index (κ3) is 9.58. The Morgan fingerprint density at radius 3 is 2.37 bits per heavy atom. The van der Waals surface area contributed by atoms with Crippen molar-refractivity contribution in [2.24, 2.45) is 5.73 Å². The van der Waals surface area contributed by atoms with Gasteiger partial charge in [-0.1, -0.05) is 33.8 Å². The van der Waals surface area contributed by atoms with Crippen molar-refractivity contribution in [2.75, 3.05) is 76.4 Å². The lowest BCUT2D eigenvalue weighted by Crippen LogP contribution is -2.45. The number of amides is 1. The van der Waals surface area contributed by atoms with Crippen LogP contribution in [0.5, 0.6) is 6.01 Å². The molecule has 0 radical (unpaired) electrons. The van der Waals surface area contributed by atoms with E-state index in [2.05, 4.69) is 45.4 Å². The van der Waals surface area contributed by atoms with Crippen molar-refractivity contribution in [3.05, 3.63) is 0 Å². The third-order valence-corrected chi connectivity index (χ3v) is 4.41. The average Bonchev–Trinajstić information content (AvgIpc) is 2.71. The second-order valence-electron chi connectivity index (χ2n) is 7.47. The lowest BCUT2D eigenvalue weighted by atomic mass is 9.52. The Kier molecular flexibility index (Phi) is 12.1. The van der Waals surface area contributed by atoms with Gasteiger partial charge in [-0.05, 0) is 7.05 Å². The van der Waals surface area contributed by atoms with E-state index in [9.17, 15) is 4.79 Å². The molecule has 1 aromatic rings. The smallest absolute Gasteiger partial charge is 0.323 e. The van der Waals surface area contributed by atoms with Crippen LogP contribution < -0.4 is 20.3 Å². The highest BCUT2D eigenvalue weighted by molar-refractivity contribution is 6.55. The van der Waals surface area contributed by atoms with Crippen LogP contribution in [0, 0.1) is 0 Å². The summed E-state index contributed by atoms with van der Waals surface area (Å²) in [4.78, 5) is 30.5. The summed E-state index contributed by atoms with van der Waals surface area (Å²) in [7, 11) is 3.80. The van der Waals surface area contributed by atoms with Crippen LogP contribution in [0.4, 0.5) is 11.9 Å². The summed E-state index contributed by atoms with van der Waals surface area (Å²) >= 11 is 0. The number of carbonyl (C=O) groups excluding carboxylic acids is 1. The molecule has 1 aromatic heterocycles. The molecule has 0 aromatic carbocycles. The highest BCUT2D eigenvalue weighted by Gasteiger charge is 2.20. The number of carbonyl (C=O) groups is 1. The van der Waals surface area contributed by atoms with Crippen molar-refractivity contribution in [1.82, 2.24) is 19.9 Å². The van der Waals surface area contributed by atoms with Gasteiger partial charge < -0.3 is 29.9 Å². The number of aromatic nitrogens is 3. The summed E-state index contributed by atoms with van der Waals surface area (Å²) in [6.07, 6.45) is 1.02. The molecular formula is C19H38BN7O3. The molecule has 0 aliphatic carbocycles. The maximum Gasteiger partial charge on any atom is 0.323 e. The van der Waals surface area contributed by atoms with Crippen molar-refractivity contribution in [3.63, 3.8) is 0 Å². The third-order valence-electron chi connectivity index (χ3n) is 4.41. The van der Waals surface area contributed by atoms with Crippen LogP contribution in [-0.2, 0) is 9.53 Å². The SMILES string of the molecule is CB(C)CCOCCOc1nc(N(C)CC(N)=O)nc(N2CCN(C)CC2)n1.CC. The van der Waals surface area contributed by atoms with Gasteiger partial charge in [-0.25, -0.2) is 0 Å². The van der Waals surface area contributed by atoms with Gasteiger partial charge in [0.25, 0.3) is 0 Å². The lowest BCUT2D eigenvalue weighted by molar-refractivity contribution is -0.116. The van der Waals surface area contributed by atoms with Crippen molar-refractivity contribution in [2.45, 2.75) is 33.8 Å². The number of hydrogen-bond acceptors (Lipinski definition) is 9. The van der Waals surface area contributed by atoms with E-state index in [-0.39, 0.29) is 12.6 Å². The second-order valence-corrected chi connectivity index (χ2v) is 7.47. The normalized spacial score (nSPS) is 14.0. The number of rotatable bonds is 11. The van der Waals surface area contributed by atoms with Crippen LogP contribution in [0.2, 0.25) is 20.0 Å². The molecule has 1 aliphatic heterocycles. The molecule has 0 saturated carbocycles. The van der Waals surface area contributed by atoms with Crippen LogP contribution >= 0.6 is 0 Å². The molecule has 2 heterocycles. The minimum atomic E-state index is -0.454. The first-order chi connectivity index (χ1) is 14.3. The topological polar surface area (TPSA) is 110 Å². The summed E-state index contributed by atoms with van der Waals surface area (Å²) in [5, 5.41) is 0. The zero-order valence-corrected chi connectivity index (χ0v) is 19.4. The van der Waals surface area contributed by atoms with E-state index in [0.29, 0.717) is 38.4 Å². The average molecular weight is 423 g/mol. The van der Waals surface area contributed by atoms with E-state index < -0.39 is 5.91 Å². The predicted molar refractivity (Wildman–Crippen MR) is 122 cm³/mol. The number of hydrogen-bond donors (Lipinski definition) is 1. The number of anilines is 2. The molecule has 170 valence electrons. The standard InChI is InChI=1S/C17H32BN7O3.C2H6/c1-18(2)5-10-27-11-12-28-17-21-15(24(4)13-14(19)26)20-16(22-17)25-8-6-23(3)7-9-25;1-2/h5-13H2,1-4H3,(H2,19,26);1-2H3. The van der Waals surface area contributed by atoms with Gasteiger partial charge in [-0.15, -0.1) is 0 Å². The van der Waals surface area contributed by atoms with Crippen molar-refractivity contribution >= 4 is 24.5 Å². The molecule has 1 saturated heterocycles. The van der Waals surface area contributed by atoms with Crippen molar-refractivity contribution < 1.29 is 14.3 Å². The van der Waals surface area contributed by atoms with Crippen LogP contribution in [0.25, 0.3) is 0 Å². The number of nitrogens with zero attached hydrogens (tertiary/aromatic N) is 6. The molecule has 1 aliphatic rings. The fraction of sp³-hybridized carbons (Fsp3) is 0.789. The Morgan fingerprint density at radius 1 is 1.10 bits per heavy atom. The fourth-order valence-corrected chi connectivity index (χ4v) is 2.64. The molecule has 1 fully saturated rings. The Labute approximate surface area is 181 Å². The Hall–Kier alpha value is -2.14. The van der Waals surface area contributed by atoms with Gasteiger partial charge in [0.1, 0.15) is 13.3 Å². The van der Waals surface area contributed by atoms with Gasteiger partial charge in [0.05, 0.1) is 13.2 Å². The lowest BCUT2D eigenvalue weighted by Gasteiger charge is -2.32. The summed E-state index contributed by atoms with van der Waals surface area (Å²) in [6.45, 7) is 14.0. The van der Waals surface area contributed by atoms with E-state index in [1.165, 1.54) is 0 Å². The minimum absolute atomic E-state index is 0.0178. The fourth-order valence-electron chi connectivity index (χ4n) is 2.64. The Bertz CT molecular complexity index is 628. The Morgan fingerprint density at radius 2 is 1.77 bits per heavy atom. The minimum Gasteiger partial charge on any atom is -0.461 e. The van der Waals surface area contributed by atoms with Crippen LogP contribution in [0.1, 0.15) is 13.8 Å². The predicted octanol–water partition coefficient (Wildman–Crippen LogP) is 0.721. The van der Waals surface area contributed by atoms with E-state index in [4.69, 9.17) is 15.2 Å². The maximum atomic E-state index is 11.3. The molecule has 10 nitrogen and oxygen atoms in total. The van der Waals surface area contributed by atoms with Crippen molar-refractivity contribution in [1.29, 1.82) is 0 Å². The zero-order valence-electron chi connectivity index (χ0n) is 19.4. The number of likely N-dealkylation sites (N-methyl/N-ethyl adjacent to an activating group) is 2. The van der Waals surface area contributed by atoms with Gasteiger partial charge >= 0.3 is 6.01 Å². The largest absolute Gasteiger partial charge is 0.461 e. The summed E-state index contributed by atoms with van der Waals surface area (Å²) in [5.74, 6) is 0.452.